The van der Waals surface area contributed by atoms with Crippen LogP contribution in [0.4, 0.5) is 0 Å². The molecular weight excluding hydrogens is 300 g/mol. The van der Waals surface area contributed by atoms with Crippen LogP contribution in [-0.4, -0.2) is 31.8 Å². The molecule has 0 radical (unpaired) electrons. The van der Waals surface area contributed by atoms with Gasteiger partial charge in [-0.05, 0) is 44.4 Å². The minimum absolute atomic E-state index is 0.141. The van der Waals surface area contributed by atoms with Gasteiger partial charge < -0.3 is 4.90 Å². The molecule has 0 bridgehead atoms. The highest BCUT2D eigenvalue weighted by Crippen LogP contribution is 2.23. The van der Waals surface area contributed by atoms with Crippen LogP contribution in [0.15, 0.2) is 23.1 Å². The molecule has 1 aliphatic rings. The fraction of sp³-hybridized carbons (Fsp3) is 0.462. The van der Waals surface area contributed by atoms with Gasteiger partial charge in [0.15, 0.2) is 0 Å². The number of carbonyl (C=O) groups excluding carboxylic acids is 1. The van der Waals surface area contributed by atoms with E-state index in [4.69, 9.17) is 16.7 Å². The van der Waals surface area contributed by atoms with Gasteiger partial charge in [-0.15, -0.1) is 0 Å². The smallest absolute Gasteiger partial charge is 0.254 e. The molecule has 7 heteroatoms. The first-order chi connectivity index (χ1) is 9.29. The number of nitrogens with two attached hydrogens (primary N) is 1. The van der Waals surface area contributed by atoms with E-state index in [1.807, 2.05) is 6.92 Å². The van der Waals surface area contributed by atoms with Crippen LogP contribution >= 0.6 is 11.6 Å². The number of amides is 1. The second-order valence-electron chi connectivity index (χ2n) is 5.06. The van der Waals surface area contributed by atoms with E-state index in [9.17, 15) is 13.2 Å². The standard InChI is InChI=1S/C13H17ClN2O3S/c1-9-4-2-3-5-16(9)13(17)10-6-11(14)8-12(7-10)20(15,18)19/h6-9H,2-5H2,1H3,(H2,15,18,19). The molecule has 1 heterocycles. The predicted octanol–water partition coefficient (Wildman–Crippen LogP) is 2.00. The zero-order valence-corrected chi connectivity index (χ0v) is 12.7. The molecule has 5 nitrogen and oxygen atoms in total. The van der Waals surface area contributed by atoms with E-state index >= 15 is 0 Å². The number of sulfonamides is 1. The first-order valence-corrected chi connectivity index (χ1v) is 8.36. The van der Waals surface area contributed by atoms with E-state index < -0.39 is 10.0 Å². The molecule has 0 aromatic heterocycles. The maximum Gasteiger partial charge on any atom is 0.254 e. The van der Waals surface area contributed by atoms with Gasteiger partial charge in [-0.3, -0.25) is 4.79 Å². The summed E-state index contributed by atoms with van der Waals surface area (Å²) in [6.45, 7) is 2.67. The number of hydrogen-bond acceptors (Lipinski definition) is 3. The molecule has 1 fully saturated rings. The number of rotatable bonds is 2. The summed E-state index contributed by atoms with van der Waals surface area (Å²) in [6.07, 6.45) is 3.01. The summed E-state index contributed by atoms with van der Waals surface area (Å²) in [5.41, 5.74) is 0.260. The first-order valence-electron chi connectivity index (χ1n) is 6.43. The van der Waals surface area contributed by atoms with E-state index in [0.717, 1.165) is 19.3 Å². The summed E-state index contributed by atoms with van der Waals surface area (Å²) in [5.74, 6) is -0.204. The highest BCUT2D eigenvalue weighted by atomic mass is 35.5. The second-order valence-corrected chi connectivity index (χ2v) is 7.06. The zero-order valence-electron chi connectivity index (χ0n) is 11.2. The Hall–Kier alpha value is -1.11. The molecule has 0 saturated carbocycles. The molecule has 2 N–H and O–H groups in total. The molecule has 1 aromatic carbocycles. The lowest BCUT2D eigenvalue weighted by atomic mass is 10.0. The molecule has 1 atom stereocenters. The third-order valence-corrected chi connectivity index (χ3v) is 4.62. The normalized spacial score (nSPS) is 19.9. The van der Waals surface area contributed by atoms with Crippen molar-refractivity contribution in [1.82, 2.24) is 4.90 Å². The molecule has 1 unspecified atom stereocenters. The number of carbonyl (C=O) groups is 1. The van der Waals surface area contributed by atoms with Gasteiger partial charge in [0.1, 0.15) is 0 Å². The molecule has 0 aliphatic carbocycles. The van der Waals surface area contributed by atoms with Crippen LogP contribution in [0, 0.1) is 0 Å². The molecule has 1 aliphatic heterocycles. The Morgan fingerprint density at radius 1 is 1.35 bits per heavy atom. The van der Waals surface area contributed by atoms with Crippen molar-refractivity contribution < 1.29 is 13.2 Å². The van der Waals surface area contributed by atoms with Gasteiger partial charge in [0.25, 0.3) is 5.91 Å². The van der Waals surface area contributed by atoms with Crippen molar-refractivity contribution in [1.29, 1.82) is 0 Å². The van der Waals surface area contributed by atoms with Crippen molar-refractivity contribution in [3.8, 4) is 0 Å². The van der Waals surface area contributed by atoms with Crippen molar-refractivity contribution in [2.45, 2.75) is 37.1 Å². The van der Waals surface area contributed by atoms with Crippen LogP contribution in [0.3, 0.4) is 0 Å². The lowest BCUT2D eigenvalue weighted by Crippen LogP contribution is -2.42. The summed E-state index contributed by atoms with van der Waals surface area (Å²) in [6, 6.07) is 4.14. The van der Waals surface area contributed by atoms with E-state index in [0.29, 0.717) is 6.54 Å². The van der Waals surface area contributed by atoms with Crippen LogP contribution in [-0.2, 0) is 10.0 Å². The topological polar surface area (TPSA) is 80.5 Å². The van der Waals surface area contributed by atoms with Gasteiger partial charge in [-0.1, -0.05) is 11.6 Å². The Bertz CT molecular complexity index is 631. The van der Waals surface area contributed by atoms with Crippen molar-refractivity contribution in [2.24, 2.45) is 5.14 Å². The van der Waals surface area contributed by atoms with Crippen LogP contribution in [0.2, 0.25) is 5.02 Å². The van der Waals surface area contributed by atoms with Gasteiger partial charge in [0, 0.05) is 23.2 Å². The summed E-state index contributed by atoms with van der Waals surface area (Å²) in [5, 5.41) is 5.27. The van der Waals surface area contributed by atoms with E-state index in [-0.39, 0.29) is 27.4 Å². The Kier molecular flexibility index (Phi) is 4.36. The summed E-state index contributed by atoms with van der Waals surface area (Å²) in [7, 11) is -3.88. The summed E-state index contributed by atoms with van der Waals surface area (Å²) >= 11 is 5.88. The lowest BCUT2D eigenvalue weighted by molar-refractivity contribution is 0.0635. The Balaban J connectivity index is 2.37. The largest absolute Gasteiger partial charge is 0.336 e. The molecule has 110 valence electrons. The highest BCUT2D eigenvalue weighted by molar-refractivity contribution is 7.89. The fourth-order valence-corrected chi connectivity index (χ4v) is 3.30. The Morgan fingerprint density at radius 3 is 2.65 bits per heavy atom. The molecule has 20 heavy (non-hydrogen) atoms. The van der Waals surface area contributed by atoms with E-state index in [1.165, 1.54) is 18.2 Å². The fourth-order valence-electron chi connectivity index (χ4n) is 2.42. The summed E-state index contributed by atoms with van der Waals surface area (Å²) in [4.78, 5) is 14.1. The second kappa shape index (κ2) is 5.71. The van der Waals surface area contributed by atoms with Crippen LogP contribution in [0.25, 0.3) is 0 Å². The quantitative estimate of drug-likeness (QED) is 0.906. The molecule has 2 rings (SSSR count). The SMILES string of the molecule is CC1CCCCN1C(=O)c1cc(Cl)cc(S(N)(=O)=O)c1. The average molecular weight is 317 g/mol. The van der Waals surface area contributed by atoms with Gasteiger partial charge in [-0.2, -0.15) is 0 Å². The molecular formula is C13H17ClN2O3S. The van der Waals surface area contributed by atoms with Crippen LogP contribution in [0.1, 0.15) is 36.5 Å². The average Bonchev–Trinajstić information content (AvgIpc) is 2.37. The number of primary sulfonamides is 1. The predicted molar refractivity (Wildman–Crippen MR) is 77.2 cm³/mol. The minimum Gasteiger partial charge on any atom is -0.336 e. The Labute approximate surface area is 123 Å². The third-order valence-electron chi connectivity index (χ3n) is 3.51. The third kappa shape index (κ3) is 3.31. The van der Waals surface area contributed by atoms with Crippen LogP contribution in [0.5, 0.6) is 0 Å². The lowest BCUT2D eigenvalue weighted by Gasteiger charge is -2.33. The molecule has 1 saturated heterocycles. The first kappa shape index (κ1) is 15.3. The van der Waals surface area contributed by atoms with Crippen molar-refractivity contribution in [2.75, 3.05) is 6.54 Å². The number of nitrogens with zero attached hydrogens (tertiary/aromatic N) is 1. The molecule has 1 aromatic rings. The zero-order chi connectivity index (χ0) is 14.9. The number of likely N-dealkylation sites (tertiary alicyclic amines) is 1. The van der Waals surface area contributed by atoms with Crippen molar-refractivity contribution in [3.63, 3.8) is 0 Å². The van der Waals surface area contributed by atoms with Gasteiger partial charge in [0.05, 0.1) is 4.90 Å². The van der Waals surface area contributed by atoms with Gasteiger partial charge in [-0.25, -0.2) is 13.6 Å². The number of benzene rings is 1. The van der Waals surface area contributed by atoms with Gasteiger partial charge >= 0.3 is 0 Å². The maximum atomic E-state index is 12.5. The number of halogens is 1. The van der Waals surface area contributed by atoms with Crippen molar-refractivity contribution in [3.05, 3.63) is 28.8 Å². The Morgan fingerprint density at radius 2 is 2.05 bits per heavy atom. The minimum atomic E-state index is -3.88. The van der Waals surface area contributed by atoms with Crippen LogP contribution < -0.4 is 5.14 Å². The van der Waals surface area contributed by atoms with Gasteiger partial charge in [0.2, 0.25) is 10.0 Å². The van der Waals surface area contributed by atoms with E-state index in [1.54, 1.807) is 4.90 Å². The number of piperidine rings is 1. The maximum absolute atomic E-state index is 12.5. The van der Waals surface area contributed by atoms with Crippen molar-refractivity contribution >= 4 is 27.5 Å². The number of hydrogen-bond donors (Lipinski definition) is 1. The monoisotopic (exact) mass is 316 g/mol. The highest BCUT2D eigenvalue weighted by Gasteiger charge is 2.25. The molecule has 1 amide bonds. The van der Waals surface area contributed by atoms with E-state index in [2.05, 4.69) is 0 Å². The summed E-state index contributed by atoms with van der Waals surface area (Å²) < 4.78 is 22.8. The molecule has 0 spiro atoms.